The van der Waals surface area contributed by atoms with Crippen LogP contribution in [0.15, 0.2) is 46.1 Å². The number of rotatable bonds is 2. The highest BCUT2D eigenvalue weighted by Crippen LogP contribution is 2.26. The summed E-state index contributed by atoms with van der Waals surface area (Å²) in [4.78, 5) is 29.1. The summed E-state index contributed by atoms with van der Waals surface area (Å²) < 4.78 is 1.27. The Morgan fingerprint density at radius 3 is 2.70 bits per heavy atom. The number of carbonyl (C=O) groups excluding carboxylic acids is 1. The monoisotopic (exact) mass is 289 g/mol. The number of carbonyl (C=O) groups is 1. The summed E-state index contributed by atoms with van der Waals surface area (Å²) in [7, 11) is 0. The van der Waals surface area contributed by atoms with E-state index in [0.29, 0.717) is 5.69 Å². The van der Waals surface area contributed by atoms with Crippen LogP contribution in [0, 0.1) is 0 Å². The number of hydrogen-bond donors (Lipinski definition) is 1. The fourth-order valence-electron chi connectivity index (χ4n) is 1.68. The van der Waals surface area contributed by atoms with E-state index < -0.39 is 16.7 Å². The van der Waals surface area contributed by atoms with E-state index in [4.69, 9.17) is 0 Å². The number of nitrogens with one attached hydrogen (secondary N) is 1. The maximum Gasteiger partial charge on any atom is 0.437 e. The number of benzene rings is 1. The maximum atomic E-state index is 11.7. The van der Waals surface area contributed by atoms with Crippen molar-refractivity contribution in [1.29, 1.82) is 0 Å². The Hall–Kier alpha value is -2.74. The number of hydrogen-bond acceptors (Lipinski definition) is 6. The molecule has 0 aliphatic carbocycles. The van der Waals surface area contributed by atoms with Gasteiger partial charge in [0.25, 0.3) is 0 Å². The van der Waals surface area contributed by atoms with Gasteiger partial charge in [-0.05, 0) is 10.6 Å². The van der Waals surface area contributed by atoms with Crippen LogP contribution in [-0.2, 0) is 9.63 Å². The third-order valence-corrected chi connectivity index (χ3v) is 3.36. The first kappa shape index (κ1) is 12.3. The Morgan fingerprint density at radius 1 is 1.30 bits per heavy atom. The first-order chi connectivity index (χ1) is 9.65. The van der Waals surface area contributed by atoms with E-state index in [1.807, 2.05) is 6.07 Å². The smallest absolute Gasteiger partial charge is 0.437 e. The van der Waals surface area contributed by atoms with Crippen molar-refractivity contribution in [3.63, 3.8) is 0 Å². The second-order valence-corrected chi connectivity index (χ2v) is 4.86. The van der Waals surface area contributed by atoms with Crippen molar-refractivity contribution < 1.29 is 19.4 Å². The molecule has 1 aromatic carbocycles. The number of aromatic amines is 1. The lowest BCUT2D eigenvalue weighted by Crippen LogP contribution is -2.05. The molecule has 0 bridgehead atoms. The van der Waals surface area contributed by atoms with Crippen LogP contribution in [0.25, 0.3) is 6.08 Å². The Balaban J connectivity index is 2.07. The number of nitrogens with zero attached hydrogens (tertiary/aromatic N) is 2. The fraction of sp³-hybridized carbons (Fsp3) is 0. The van der Waals surface area contributed by atoms with E-state index in [2.05, 4.69) is 15.1 Å². The average Bonchev–Trinajstić information content (AvgIpc) is 2.95. The fourth-order valence-corrected chi connectivity index (χ4v) is 2.33. The zero-order chi connectivity index (χ0) is 14.1. The van der Waals surface area contributed by atoms with Gasteiger partial charge < -0.3 is 10.1 Å². The molecule has 8 heteroatoms. The van der Waals surface area contributed by atoms with Gasteiger partial charge in [0.2, 0.25) is 11.0 Å². The molecule has 0 amide bonds. The third kappa shape index (κ3) is 2.12. The average molecular weight is 289 g/mol. The second kappa shape index (κ2) is 4.74. The maximum absolute atomic E-state index is 11.7. The second-order valence-electron chi connectivity index (χ2n) is 3.85. The van der Waals surface area contributed by atoms with Crippen molar-refractivity contribution in [2.45, 2.75) is 0 Å². The van der Waals surface area contributed by atoms with Crippen LogP contribution in [0.1, 0.15) is 4.88 Å². The summed E-state index contributed by atoms with van der Waals surface area (Å²) >= 11 is 0.724. The molecule has 0 unspecified atom stereocenters. The minimum Gasteiger partial charge on any atom is -0.859 e. The van der Waals surface area contributed by atoms with Crippen molar-refractivity contribution in [2.75, 3.05) is 0 Å². The van der Waals surface area contributed by atoms with Gasteiger partial charge in [0.1, 0.15) is 0 Å². The number of para-hydroxylation sites is 1. The lowest BCUT2D eigenvalue weighted by molar-refractivity contribution is -0.462. The summed E-state index contributed by atoms with van der Waals surface area (Å²) in [5.41, 5.74) is 0.684. The van der Waals surface area contributed by atoms with Crippen LogP contribution < -0.4 is 9.98 Å². The van der Waals surface area contributed by atoms with E-state index in [1.54, 1.807) is 24.3 Å². The molecule has 0 saturated heterocycles. The van der Waals surface area contributed by atoms with E-state index in [0.717, 1.165) is 11.3 Å². The minimum absolute atomic E-state index is 0.0727. The van der Waals surface area contributed by atoms with E-state index >= 15 is 0 Å². The van der Waals surface area contributed by atoms with E-state index in [1.165, 1.54) is 10.8 Å². The SMILES string of the molecule is O=C1ON=[N+](c2ccccc2)/C1=C/c1sc(=O)[nH]c1[O-]. The first-order valence-corrected chi connectivity index (χ1v) is 6.36. The Morgan fingerprint density at radius 2 is 2.05 bits per heavy atom. The van der Waals surface area contributed by atoms with Gasteiger partial charge in [-0.1, -0.05) is 29.5 Å². The minimum atomic E-state index is -0.686. The van der Waals surface area contributed by atoms with Gasteiger partial charge in [-0.25, -0.2) is 4.79 Å². The number of aromatic nitrogens is 1. The number of H-pyrrole nitrogens is 1. The number of thiazole rings is 1. The molecule has 0 saturated carbocycles. The molecule has 2 aromatic rings. The molecule has 20 heavy (non-hydrogen) atoms. The highest BCUT2D eigenvalue weighted by Gasteiger charge is 2.36. The van der Waals surface area contributed by atoms with Crippen molar-refractivity contribution in [3.8, 4) is 5.88 Å². The van der Waals surface area contributed by atoms with Crippen LogP contribution in [0.5, 0.6) is 5.88 Å². The lowest BCUT2D eigenvalue weighted by atomic mass is 10.3. The standard InChI is InChI=1S/C12H7N3O4S/c16-10-9(20-12(18)13-10)6-8-11(17)19-14-15(8)7-4-2-1-3-5-7/h1-6H,(H-,13,14,16,17,18). The summed E-state index contributed by atoms with van der Waals surface area (Å²) in [5.74, 6) is -1.23. The molecule has 1 aromatic heterocycles. The summed E-state index contributed by atoms with van der Waals surface area (Å²) in [5, 5.41) is 15.1. The van der Waals surface area contributed by atoms with Gasteiger partial charge in [0.15, 0.2) is 0 Å². The van der Waals surface area contributed by atoms with E-state index in [9.17, 15) is 14.7 Å². The van der Waals surface area contributed by atoms with Crippen molar-refractivity contribution in [3.05, 3.63) is 50.6 Å². The van der Waals surface area contributed by atoms with E-state index in [-0.39, 0.29) is 10.6 Å². The van der Waals surface area contributed by atoms with Gasteiger partial charge in [-0.15, -0.1) is 0 Å². The molecule has 2 heterocycles. The summed E-state index contributed by atoms with van der Waals surface area (Å²) in [6.07, 6.45) is 1.29. The van der Waals surface area contributed by atoms with Crippen LogP contribution in [-0.4, -0.2) is 15.7 Å². The molecule has 0 fully saturated rings. The summed E-state index contributed by atoms with van der Waals surface area (Å²) in [6, 6.07) is 8.84. The molecule has 0 spiro atoms. The van der Waals surface area contributed by atoms with Crippen LogP contribution in [0.3, 0.4) is 0 Å². The quantitative estimate of drug-likeness (QED) is 0.661. The molecule has 1 aliphatic rings. The molecule has 7 nitrogen and oxygen atoms in total. The zero-order valence-corrected chi connectivity index (χ0v) is 10.7. The van der Waals surface area contributed by atoms with Crippen molar-refractivity contribution in [2.24, 2.45) is 5.28 Å². The van der Waals surface area contributed by atoms with Gasteiger partial charge in [0.05, 0.1) is 0 Å². The topological polar surface area (TPSA) is 97.6 Å². The highest BCUT2D eigenvalue weighted by atomic mass is 32.1. The largest absolute Gasteiger partial charge is 0.859 e. The van der Waals surface area contributed by atoms with Gasteiger partial charge in [-0.2, -0.15) is 0 Å². The molecular weight excluding hydrogens is 282 g/mol. The molecule has 0 atom stereocenters. The highest BCUT2D eigenvalue weighted by molar-refractivity contribution is 7.10. The van der Waals surface area contributed by atoms with Crippen LogP contribution in [0.2, 0.25) is 0 Å². The predicted molar refractivity (Wildman–Crippen MR) is 67.2 cm³/mol. The Kier molecular flexibility index (Phi) is 2.92. The van der Waals surface area contributed by atoms with Gasteiger partial charge in [-0.3, -0.25) is 9.63 Å². The van der Waals surface area contributed by atoms with Crippen molar-refractivity contribution >= 4 is 29.1 Å². The summed E-state index contributed by atoms with van der Waals surface area (Å²) in [6.45, 7) is 0. The molecule has 0 radical (unpaired) electrons. The third-order valence-electron chi connectivity index (χ3n) is 2.55. The van der Waals surface area contributed by atoms with Crippen molar-refractivity contribution in [1.82, 2.24) is 4.98 Å². The van der Waals surface area contributed by atoms with Gasteiger partial charge >= 0.3 is 16.5 Å². The molecular formula is C12H7N3O4S. The molecule has 100 valence electrons. The Bertz CT molecular complexity index is 789. The Labute approximate surface area is 116 Å². The molecule has 1 N–H and O–H groups in total. The van der Waals surface area contributed by atoms with Gasteiger partial charge in [0, 0.05) is 23.1 Å². The van der Waals surface area contributed by atoms with Crippen LogP contribution in [0.4, 0.5) is 5.69 Å². The predicted octanol–water partition coefficient (Wildman–Crippen LogP) is 1.12. The zero-order valence-electron chi connectivity index (χ0n) is 9.90. The van der Waals surface area contributed by atoms with Crippen LogP contribution >= 0.6 is 11.3 Å². The lowest BCUT2D eigenvalue weighted by Gasteiger charge is -1.99. The molecule has 1 aliphatic heterocycles. The first-order valence-electron chi connectivity index (χ1n) is 5.54. The molecule has 3 rings (SSSR count). The normalized spacial score (nSPS) is 16.3.